The highest BCUT2D eigenvalue weighted by Gasteiger charge is 2.32. The van der Waals surface area contributed by atoms with Gasteiger partial charge in [-0.15, -0.1) is 0 Å². The predicted molar refractivity (Wildman–Crippen MR) is 137 cm³/mol. The molecule has 1 amide bonds. The van der Waals surface area contributed by atoms with Crippen LogP contribution in [0, 0.1) is 0 Å². The molecule has 7 nitrogen and oxygen atoms in total. The van der Waals surface area contributed by atoms with Crippen LogP contribution in [0.3, 0.4) is 0 Å². The fraction of sp³-hybridized carbons (Fsp3) is 0.130. The number of esters is 1. The summed E-state index contributed by atoms with van der Waals surface area (Å²) in [6.45, 7) is -0.399. The van der Waals surface area contributed by atoms with E-state index in [1.165, 1.54) is 28.6 Å². The number of fused-ring (bicyclic) bond motifs is 1. The molecule has 0 atom stereocenters. The normalized spacial score (nSPS) is 12.9. The lowest BCUT2D eigenvalue weighted by Crippen LogP contribution is -2.29. The molecule has 4 rings (SSSR count). The van der Waals surface area contributed by atoms with E-state index in [2.05, 4.69) is 5.32 Å². The van der Waals surface area contributed by atoms with Gasteiger partial charge in [0.15, 0.2) is 6.61 Å². The van der Waals surface area contributed by atoms with Crippen molar-refractivity contribution in [1.82, 2.24) is 0 Å². The standard InChI is InChI=1S/C23H16Cl4N2O5S/c24-15-6-5-14(9-21(15)35(32,33)29-8-7-13-3-1-2-4-20(13)29)23(31)34-12-22(30)28-19-11-17(26)16(25)10-18(19)27/h1-6,9-11H,7-8,12H2,(H,28,30). The average molecular weight is 574 g/mol. The smallest absolute Gasteiger partial charge is 0.338 e. The van der Waals surface area contributed by atoms with Crippen LogP contribution in [0.5, 0.6) is 0 Å². The number of para-hydroxylation sites is 1. The van der Waals surface area contributed by atoms with Crippen LogP contribution in [-0.4, -0.2) is 33.4 Å². The van der Waals surface area contributed by atoms with E-state index in [1.807, 2.05) is 12.1 Å². The molecule has 182 valence electrons. The molecule has 3 aromatic rings. The lowest BCUT2D eigenvalue weighted by atomic mass is 10.2. The van der Waals surface area contributed by atoms with Crippen molar-refractivity contribution in [3.8, 4) is 0 Å². The summed E-state index contributed by atoms with van der Waals surface area (Å²) in [6, 6.07) is 13.6. The van der Waals surface area contributed by atoms with E-state index in [9.17, 15) is 18.0 Å². The molecule has 0 unspecified atom stereocenters. The fourth-order valence-corrected chi connectivity index (χ4v) is 6.12. The number of halogens is 4. The number of amides is 1. The van der Waals surface area contributed by atoms with Crippen LogP contribution in [0.2, 0.25) is 20.1 Å². The van der Waals surface area contributed by atoms with Crippen LogP contribution in [0.15, 0.2) is 59.5 Å². The molecule has 1 aliphatic heterocycles. The minimum absolute atomic E-state index is 0.0436. The molecule has 0 fully saturated rings. The predicted octanol–water partition coefficient (Wildman–Crippen LogP) is 5.85. The maximum absolute atomic E-state index is 13.3. The molecule has 3 aromatic carbocycles. The molecular weight excluding hydrogens is 558 g/mol. The molecule has 0 saturated carbocycles. The first-order valence-corrected chi connectivity index (χ1v) is 13.0. The quantitative estimate of drug-likeness (QED) is 0.295. The monoisotopic (exact) mass is 572 g/mol. The van der Waals surface area contributed by atoms with Crippen LogP contribution in [0.1, 0.15) is 15.9 Å². The molecule has 0 aromatic heterocycles. The molecule has 1 aliphatic rings. The summed E-state index contributed by atoms with van der Waals surface area (Å²) in [7, 11) is -4.05. The number of hydrogen-bond donors (Lipinski definition) is 1. The van der Waals surface area contributed by atoms with Gasteiger partial charge in [-0.3, -0.25) is 9.10 Å². The minimum atomic E-state index is -4.05. The van der Waals surface area contributed by atoms with Crippen molar-refractivity contribution in [2.45, 2.75) is 11.3 Å². The van der Waals surface area contributed by atoms with Gasteiger partial charge >= 0.3 is 5.97 Å². The van der Waals surface area contributed by atoms with Crippen molar-refractivity contribution < 1.29 is 22.7 Å². The summed E-state index contributed by atoms with van der Waals surface area (Å²) in [4.78, 5) is 24.5. The Morgan fingerprint density at radius 3 is 2.40 bits per heavy atom. The van der Waals surface area contributed by atoms with Gasteiger partial charge in [0.1, 0.15) is 4.90 Å². The van der Waals surface area contributed by atoms with E-state index in [4.69, 9.17) is 51.1 Å². The second-order valence-electron chi connectivity index (χ2n) is 7.47. The van der Waals surface area contributed by atoms with Gasteiger partial charge in [0.2, 0.25) is 0 Å². The SMILES string of the molecule is O=C(COC(=O)c1ccc(Cl)c(S(=O)(=O)N2CCc3ccccc32)c1)Nc1cc(Cl)c(Cl)cc1Cl. The Hall–Kier alpha value is -2.49. The molecule has 1 N–H and O–H groups in total. The number of benzene rings is 3. The van der Waals surface area contributed by atoms with Gasteiger partial charge in [0.25, 0.3) is 15.9 Å². The third kappa shape index (κ3) is 5.37. The number of sulfonamides is 1. The number of carbonyl (C=O) groups excluding carboxylic acids is 2. The van der Waals surface area contributed by atoms with Gasteiger partial charge in [-0.2, -0.15) is 0 Å². The van der Waals surface area contributed by atoms with E-state index < -0.39 is 28.5 Å². The zero-order chi connectivity index (χ0) is 25.3. The lowest BCUT2D eigenvalue weighted by molar-refractivity contribution is -0.119. The van der Waals surface area contributed by atoms with Crippen molar-refractivity contribution >= 4 is 79.7 Å². The summed E-state index contributed by atoms with van der Waals surface area (Å²) >= 11 is 24.0. The van der Waals surface area contributed by atoms with Crippen LogP contribution in [0.25, 0.3) is 0 Å². The van der Waals surface area contributed by atoms with E-state index in [1.54, 1.807) is 12.1 Å². The number of nitrogens with one attached hydrogen (secondary N) is 1. The van der Waals surface area contributed by atoms with Crippen LogP contribution in [0.4, 0.5) is 11.4 Å². The fourth-order valence-electron chi connectivity index (χ4n) is 3.52. The number of hydrogen-bond acceptors (Lipinski definition) is 5. The topological polar surface area (TPSA) is 92.8 Å². The Morgan fingerprint density at radius 1 is 0.914 bits per heavy atom. The molecule has 0 spiro atoms. The van der Waals surface area contributed by atoms with E-state index in [0.717, 1.165) is 11.6 Å². The first-order chi connectivity index (χ1) is 16.6. The van der Waals surface area contributed by atoms with Crippen molar-refractivity contribution in [3.63, 3.8) is 0 Å². The van der Waals surface area contributed by atoms with Crippen molar-refractivity contribution in [2.24, 2.45) is 0 Å². The summed E-state index contributed by atoms with van der Waals surface area (Å²) in [5.41, 5.74) is 1.57. The first kappa shape index (κ1) is 25.6. The Bertz CT molecular complexity index is 1450. The number of rotatable bonds is 6. The van der Waals surface area contributed by atoms with Crippen LogP contribution < -0.4 is 9.62 Å². The lowest BCUT2D eigenvalue weighted by Gasteiger charge is -2.20. The van der Waals surface area contributed by atoms with Crippen LogP contribution >= 0.6 is 46.4 Å². The molecule has 1 heterocycles. The van der Waals surface area contributed by atoms with Gasteiger partial charge in [0.05, 0.1) is 37.0 Å². The Balaban J connectivity index is 1.48. The zero-order valence-electron chi connectivity index (χ0n) is 17.7. The van der Waals surface area contributed by atoms with Crippen molar-refractivity contribution in [3.05, 3.63) is 85.8 Å². The number of anilines is 2. The molecule has 35 heavy (non-hydrogen) atoms. The van der Waals surface area contributed by atoms with Crippen molar-refractivity contribution in [2.75, 3.05) is 22.8 Å². The van der Waals surface area contributed by atoms with E-state index >= 15 is 0 Å². The second-order valence-corrected chi connectivity index (χ2v) is 10.9. The van der Waals surface area contributed by atoms with Gasteiger partial charge in [-0.05, 0) is 48.4 Å². The molecule has 0 aliphatic carbocycles. The molecule has 0 radical (unpaired) electrons. The van der Waals surface area contributed by atoms with Gasteiger partial charge in [-0.1, -0.05) is 64.6 Å². The molecule has 0 saturated heterocycles. The van der Waals surface area contributed by atoms with E-state index in [-0.39, 0.29) is 42.8 Å². The Morgan fingerprint density at radius 2 is 1.63 bits per heavy atom. The highest BCUT2D eigenvalue weighted by Crippen LogP contribution is 2.35. The number of ether oxygens (including phenoxy) is 1. The summed E-state index contributed by atoms with van der Waals surface area (Å²) in [5, 5.41) is 2.96. The zero-order valence-corrected chi connectivity index (χ0v) is 21.6. The first-order valence-electron chi connectivity index (χ1n) is 10.1. The average Bonchev–Trinajstić information content (AvgIpc) is 3.26. The van der Waals surface area contributed by atoms with Gasteiger partial charge in [-0.25, -0.2) is 13.2 Å². The molecule has 12 heteroatoms. The Kier molecular flexibility index (Phi) is 7.49. The van der Waals surface area contributed by atoms with Crippen LogP contribution in [-0.2, 0) is 26.0 Å². The summed E-state index contributed by atoms with van der Waals surface area (Å²) in [5.74, 6) is -1.59. The largest absolute Gasteiger partial charge is 0.452 e. The molecular formula is C23H16Cl4N2O5S. The number of carbonyl (C=O) groups is 2. The second kappa shape index (κ2) is 10.2. The third-order valence-electron chi connectivity index (χ3n) is 5.20. The molecule has 0 bridgehead atoms. The summed E-state index contributed by atoms with van der Waals surface area (Å²) in [6.07, 6.45) is 0.562. The van der Waals surface area contributed by atoms with Gasteiger partial charge < -0.3 is 10.1 Å². The van der Waals surface area contributed by atoms with Crippen molar-refractivity contribution in [1.29, 1.82) is 0 Å². The minimum Gasteiger partial charge on any atom is -0.452 e. The highest BCUT2D eigenvalue weighted by atomic mass is 35.5. The number of nitrogens with zero attached hydrogens (tertiary/aromatic N) is 1. The third-order valence-corrected chi connectivity index (χ3v) is 8.53. The highest BCUT2D eigenvalue weighted by molar-refractivity contribution is 7.93. The maximum Gasteiger partial charge on any atom is 0.338 e. The summed E-state index contributed by atoms with van der Waals surface area (Å²) < 4.78 is 33.0. The van der Waals surface area contributed by atoms with E-state index in [0.29, 0.717) is 12.1 Å². The Labute approximate surface area is 221 Å². The maximum atomic E-state index is 13.3. The van der Waals surface area contributed by atoms with Gasteiger partial charge in [0, 0.05) is 6.54 Å².